The van der Waals surface area contributed by atoms with E-state index in [1.54, 1.807) is 23.8 Å². The number of hydrogen-bond donors (Lipinski definition) is 2. The van der Waals surface area contributed by atoms with Crippen molar-refractivity contribution in [1.82, 2.24) is 29.8 Å². The van der Waals surface area contributed by atoms with E-state index >= 15 is 0 Å². The second-order valence-electron chi connectivity index (χ2n) is 7.61. The average Bonchev–Trinajstić information content (AvgIpc) is 3.08. The summed E-state index contributed by atoms with van der Waals surface area (Å²) in [6.45, 7) is 6.71. The van der Waals surface area contributed by atoms with Crippen LogP contribution in [0.1, 0.15) is 28.7 Å². The summed E-state index contributed by atoms with van der Waals surface area (Å²) in [7, 11) is 1.44. The van der Waals surface area contributed by atoms with Gasteiger partial charge in [-0.2, -0.15) is 5.10 Å². The molecule has 1 aliphatic heterocycles. The van der Waals surface area contributed by atoms with Gasteiger partial charge in [-0.25, -0.2) is 13.9 Å². The third kappa shape index (κ3) is 3.78. The Hall–Kier alpha value is -3.27. The molecule has 0 saturated carbocycles. The Balaban J connectivity index is 1.45. The van der Waals surface area contributed by atoms with E-state index in [9.17, 15) is 14.0 Å². The van der Waals surface area contributed by atoms with Gasteiger partial charge in [-0.05, 0) is 13.8 Å². The Morgan fingerprint density at radius 3 is 2.87 bits per heavy atom. The molecule has 1 saturated heterocycles. The van der Waals surface area contributed by atoms with E-state index in [1.165, 1.54) is 13.1 Å². The highest BCUT2D eigenvalue weighted by atomic mass is 19.1. The number of aromatic amines is 1. The zero-order valence-electron chi connectivity index (χ0n) is 17.1. The molecule has 3 aromatic rings. The molecule has 3 aromatic heterocycles. The van der Waals surface area contributed by atoms with Gasteiger partial charge in [0.05, 0.1) is 17.6 Å². The van der Waals surface area contributed by atoms with Crippen molar-refractivity contribution in [2.45, 2.75) is 26.4 Å². The van der Waals surface area contributed by atoms with Gasteiger partial charge in [-0.3, -0.25) is 14.5 Å². The quantitative estimate of drug-likeness (QED) is 0.661. The van der Waals surface area contributed by atoms with Gasteiger partial charge in [0.1, 0.15) is 5.65 Å². The van der Waals surface area contributed by atoms with Gasteiger partial charge in [-0.15, -0.1) is 0 Å². The minimum Gasteiger partial charge on any atom is -0.365 e. The molecule has 4 rings (SSSR count). The number of piperazine rings is 1. The van der Waals surface area contributed by atoms with Gasteiger partial charge in [0.2, 0.25) is 0 Å². The Bertz CT molecular complexity index is 1160. The van der Waals surface area contributed by atoms with Gasteiger partial charge in [0.15, 0.2) is 11.5 Å². The molecule has 1 aliphatic rings. The number of fused-ring (bicyclic) bond motifs is 1. The smallest absolute Gasteiger partial charge is 0.272 e. The van der Waals surface area contributed by atoms with Crippen molar-refractivity contribution >= 4 is 17.2 Å². The molecule has 0 radical (unpaired) electrons. The summed E-state index contributed by atoms with van der Waals surface area (Å²) < 4.78 is 16.0. The lowest BCUT2D eigenvalue weighted by Gasteiger charge is -2.41. The minimum absolute atomic E-state index is 0.112. The second-order valence-corrected chi connectivity index (χ2v) is 7.61. The van der Waals surface area contributed by atoms with Crippen LogP contribution in [0.15, 0.2) is 29.3 Å². The van der Waals surface area contributed by atoms with E-state index in [1.807, 2.05) is 6.07 Å². The van der Waals surface area contributed by atoms with Gasteiger partial charge < -0.3 is 15.2 Å². The minimum atomic E-state index is -0.629. The fraction of sp³-hybridized carbons (Fsp3) is 0.400. The maximum atomic E-state index is 14.3. The topological polar surface area (TPSA) is 98.6 Å². The summed E-state index contributed by atoms with van der Waals surface area (Å²) in [6, 6.07) is 3.38. The predicted octanol–water partition coefficient (Wildman–Crippen LogP) is 0.935. The molecule has 1 amide bonds. The Kier molecular flexibility index (Phi) is 5.25. The first-order valence-corrected chi connectivity index (χ1v) is 9.80. The number of amides is 1. The number of nitrogens with zero attached hydrogens (tertiary/aromatic N) is 5. The van der Waals surface area contributed by atoms with Gasteiger partial charge in [-0.1, -0.05) is 0 Å². The van der Waals surface area contributed by atoms with E-state index in [2.05, 4.69) is 37.1 Å². The number of rotatable bonds is 4. The van der Waals surface area contributed by atoms with Crippen LogP contribution < -0.4 is 15.8 Å². The van der Waals surface area contributed by atoms with Gasteiger partial charge in [0.25, 0.3) is 11.5 Å². The summed E-state index contributed by atoms with van der Waals surface area (Å²) in [5.74, 6) is -1.17. The van der Waals surface area contributed by atoms with E-state index in [0.29, 0.717) is 30.0 Å². The zero-order chi connectivity index (χ0) is 21.4. The van der Waals surface area contributed by atoms with Crippen molar-refractivity contribution < 1.29 is 9.18 Å². The second kappa shape index (κ2) is 7.86. The monoisotopic (exact) mass is 413 g/mol. The molecule has 1 atom stereocenters. The molecular formula is C20H24FN7O2. The van der Waals surface area contributed by atoms with Crippen LogP contribution in [0.3, 0.4) is 0 Å². The third-order valence-corrected chi connectivity index (χ3v) is 5.40. The number of H-pyrrole nitrogens is 1. The summed E-state index contributed by atoms with van der Waals surface area (Å²) >= 11 is 0. The van der Waals surface area contributed by atoms with Gasteiger partial charge >= 0.3 is 0 Å². The number of pyridine rings is 1. The molecule has 30 heavy (non-hydrogen) atoms. The first kappa shape index (κ1) is 20.0. The highest BCUT2D eigenvalue weighted by molar-refractivity contribution is 5.92. The van der Waals surface area contributed by atoms with Crippen LogP contribution in [-0.2, 0) is 6.54 Å². The number of anilines is 1. The van der Waals surface area contributed by atoms with Crippen molar-refractivity contribution in [2.24, 2.45) is 0 Å². The zero-order valence-corrected chi connectivity index (χ0v) is 17.1. The molecule has 1 fully saturated rings. The maximum absolute atomic E-state index is 14.3. The van der Waals surface area contributed by atoms with E-state index < -0.39 is 11.7 Å². The van der Waals surface area contributed by atoms with Crippen molar-refractivity contribution in [3.63, 3.8) is 0 Å². The van der Waals surface area contributed by atoms with E-state index in [-0.39, 0.29) is 17.3 Å². The number of carbonyl (C=O) groups is 1. The van der Waals surface area contributed by atoms with Gasteiger partial charge in [0, 0.05) is 63.2 Å². The van der Waals surface area contributed by atoms with E-state index in [0.717, 1.165) is 18.8 Å². The number of aromatic nitrogens is 4. The molecule has 158 valence electrons. The summed E-state index contributed by atoms with van der Waals surface area (Å²) in [6.07, 6.45) is 3.27. The number of hydrogen-bond acceptors (Lipinski definition) is 6. The third-order valence-electron chi connectivity index (χ3n) is 5.40. The molecule has 0 aromatic carbocycles. The lowest BCUT2D eigenvalue weighted by Crippen LogP contribution is -2.51. The summed E-state index contributed by atoms with van der Waals surface area (Å²) in [5.41, 5.74) is 2.51. The van der Waals surface area contributed by atoms with Crippen molar-refractivity contribution in [1.29, 1.82) is 0 Å². The van der Waals surface area contributed by atoms with Crippen molar-refractivity contribution in [2.75, 3.05) is 31.6 Å². The lowest BCUT2D eigenvalue weighted by atomic mass is 10.1. The maximum Gasteiger partial charge on any atom is 0.272 e. The number of aryl methyl sites for hydroxylation is 1. The molecule has 1 unspecified atom stereocenters. The molecule has 10 heteroatoms. The Morgan fingerprint density at radius 1 is 1.37 bits per heavy atom. The van der Waals surface area contributed by atoms with Crippen LogP contribution in [0.2, 0.25) is 0 Å². The molecular weight excluding hydrogens is 389 g/mol. The lowest BCUT2D eigenvalue weighted by molar-refractivity contribution is 0.0953. The SMILES string of the molecule is CNC(=O)c1ncc(N2CCN(Cc3cc4[nH]c(=O)c(C)cn4n3)CC2C)cc1F. The highest BCUT2D eigenvalue weighted by Gasteiger charge is 2.26. The molecule has 0 bridgehead atoms. The van der Waals surface area contributed by atoms with Crippen molar-refractivity contribution in [3.8, 4) is 0 Å². The predicted molar refractivity (Wildman–Crippen MR) is 110 cm³/mol. The largest absolute Gasteiger partial charge is 0.365 e. The van der Waals surface area contributed by atoms with E-state index in [4.69, 9.17) is 0 Å². The molecule has 2 N–H and O–H groups in total. The number of nitrogens with one attached hydrogen (secondary N) is 2. The molecule has 0 aliphatic carbocycles. The number of halogens is 1. The fourth-order valence-corrected chi connectivity index (χ4v) is 3.83. The molecule has 0 spiro atoms. The number of carbonyl (C=O) groups excluding carboxylic acids is 1. The first-order valence-electron chi connectivity index (χ1n) is 9.80. The molecule has 4 heterocycles. The van der Waals surface area contributed by atoms with Crippen molar-refractivity contribution in [3.05, 3.63) is 57.6 Å². The van der Waals surface area contributed by atoms with Crippen LogP contribution in [0.5, 0.6) is 0 Å². The standard InChI is InChI=1S/C20H24FN7O2/c1-12-9-28-17(24-19(12)29)6-14(25-28)11-26-4-5-27(13(2)10-26)15-7-16(21)18(23-8-15)20(30)22-3/h6-9,13H,4-5,10-11H2,1-3H3,(H,22,30)(H,24,29). The Labute approximate surface area is 172 Å². The first-order chi connectivity index (χ1) is 14.4. The Morgan fingerprint density at radius 2 is 2.17 bits per heavy atom. The average molecular weight is 413 g/mol. The normalized spacial score (nSPS) is 17.5. The van der Waals surface area contributed by atoms with Crippen LogP contribution in [0.4, 0.5) is 10.1 Å². The summed E-state index contributed by atoms with van der Waals surface area (Å²) in [5, 5.41) is 6.94. The highest BCUT2D eigenvalue weighted by Crippen LogP contribution is 2.22. The van der Waals surface area contributed by atoms with Crippen LogP contribution in [-0.4, -0.2) is 63.1 Å². The van der Waals surface area contributed by atoms with Crippen LogP contribution in [0.25, 0.3) is 5.65 Å². The van der Waals surface area contributed by atoms with Crippen LogP contribution >= 0.6 is 0 Å². The summed E-state index contributed by atoms with van der Waals surface area (Å²) in [4.78, 5) is 34.6. The molecule has 9 nitrogen and oxygen atoms in total. The van der Waals surface area contributed by atoms with Crippen LogP contribution in [0, 0.1) is 12.7 Å². The fourth-order valence-electron chi connectivity index (χ4n) is 3.83.